The lowest BCUT2D eigenvalue weighted by molar-refractivity contribution is -0.150. The summed E-state index contributed by atoms with van der Waals surface area (Å²) in [5, 5.41) is 9.26. The second-order valence-electron chi connectivity index (χ2n) is 5.62. The monoisotopic (exact) mass is 389 g/mol. The van der Waals surface area contributed by atoms with Crippen molar-refractivity contribution in [1.82, 2.24) is 14.8 Å². The van der Waals surface area contributed by atoms with Crippen molar-refractivity contribution in [2.45, 2.75) is 25.9 Å². The van der Waals surface area contributed by atoms with Gasteiger partial charge in [-0.2, -0.15) is 0 Å². The topological polar surface area (TPSA) is 56.7 Å². The van der Waals surface area contributed by atoms with E-state index in [0.29, 0.717) is 0 Å². The molecule has 2 rings (SSSR count). The van der Waals surface area contributed by atoms with Crippen LogP contribution in [0.3, 0.4) is 0 Å². The van der Waals surface area contributed by atoms with E-state index < -0.39 is 11.5 Å². The van der Waals surface area contributed by atoms with E-state index in [1.54, 1.807) is 13.8 Å². The molecule has 0 spiro atoms. The Balaban J connectivity index is 1.88. The summed E-state index contributed by atoms with van der Waals surface area (Å²) < 4.78 is 0.999. The summed E-state index contributed by atoms with van der Waals surface area (Å²) in [4.78, 5) is 19.9. The quantitative estimate of drug-likeness (QED) is 0.627. The fourth-order valence-corrected chi connectivity index (χ4v) is 2.68. The van der Waals surface area contributed by atoms with Crippen molar-refractivity contribution in [1.29, 1.82) is 0 Å². The number of pyridine rings is 1. The van der Waals surface area contributed by atoms with Gasteiger partial charge in [0.2, 0.25) is 0 Å². The molecule has 0 bridgehead atoms. The number of nitrogens with zero attached hydrogens (tertiary/aromatic N) is 3. The van der Waals surface area contributed by atoms with Crippen LogP contribution in [0.5, 0.6) is 0 Å². The van der Waals surface area contributed by atoms with Crippen LogP contribution in [0, 0.1) is 3.70 Å². The standard InChI is InChI=1S/C14H20IN3O2/c1-14(2,13(19)20)18-7-5-17(6-8-18)10-11-3-4-12(15)16-9-11/h3-4,9H,5-8,10H2,1-2H3,(H,19,20). The molecule has 1 N–H and O–H groups in total. The third-order valence-corrected chi connectivity index (χ3v) is 4.52. The van der Waals surface area contributed by atoms with Crippen molar-refractivity contribution in [2.24, 2.45) is 0 Å². The SMILES string of the molecule is CC(C)(C(=O)O)N1CCN(Cc2ccc(I)nc2)CC1. The number of hydrogen-bond donors (Lipinski definition) is 1. The third kappa shape index (κ3) is 3.67. The number of hydrogen-bond acceptors (Lipinski definition) is 4. The number of halogens is 1. The van der Waals surface area contributed by atoms with Gasteiger partial charge in [0.25, 0.3) is 0 Å². The van der Waals surface area contributed by atoms with Gasteiger partial charge in [-0.3, -0.25) is 19.6 Å². The molecule has 0 aromatic carbocycles. The summed E-state index contributed by atoms with van der Waals surface area (Å²) in [7, 11) is 0. The Bertz CT molecular complexity index is 468. The van der Waals surface area contributed by atoms with Crippen LogP contribution in [-0.2, 0) is 11.3 Å². The summed E-state index contributed by atoms with van der Waals surface area (Å²) in [5.74, 6) is -0.757. The third-order valence-electron chi connectivity index (χ3n) is 3.88. The molecule has 1 fully saturated rings. The predicted octanol–water partition coefficient (Wildman–Crippen LogP) is 1.67. The molecule has 2 heterocycles. The highest BCUT2D eigenvalue weighted by Gasteiger charge is 2.36. The average molecular weight is 389 g/mol. The Hall–Kier alpha value is -0.730. The van der Waals surface area contributed by atoms with Gasteiger partial charge in [-0.15, -0.1) is 0 Å². The molecule has 0 radical (unpaired) electrons. The summed E-state index contributed by atoms with van der Waals surface area (Å²) in [6.07, 6.45) is 1.91. The lowest BCUT2D eigenvalue weighted by Crippen LogP contribution is -2.57. The first-order valence-electron chi connectivity index (χ1n) is 6.71. The van der Waals surface area contributed by atoms with Crippen molar-refractivity contribution in [3.8, 4) is 0 Å². The average Bonchev–Trinajstić information content (AvgIpc) is 2.42. The summed E-state index contributed by atoms with van der Waals surface area (Å²) in [6, 6.07) is 4.11. The normalized spacial score (nSPS) is 18.1. The lowest BCUT2D eigenvalue weighted by atomic mass is 10.0. The van der Waals surface area contributed by atoms with Crippen molar-refractivity contribution in [3.05, 3.63) is 27.6 Å². The van der Waals surface area contributed by atoms with Crippen molar-refractivity contribution in [2.75, 3.05) is 26.2 Å². The summed E-state index contributed by atoms with van der Waals surface area (Å²) >= 11 is 2.20. The van der Waals surface area contributed by atoms with Crippen LogP contribution in [0.15, 0.2) is 18.3 Å². The van der Waals surface area contributed by atoms with Crippen molar-refractivity contribution >= 4 is 28.6 Å². The molecule has 6 heteroatoms. The van der Waals surface area contributed by atoms with Gasteiger partial charge in [-0.05, 0) is 48.1 Å². The number of carboxylic acid groups (broad SMARTS) is 1. The van der Waals surface area contributed by atoms with E-state index in [1.807, 2.05) is 17.2 Å². The molecule has 0 saturated carbocycles. The molecule has 1 aromatic rings. The maximum Gasteiger partial charge on any atom is 0.323 e. The maximum atomic E-state index is 11.3. The Kier molecular flexibility index (Phi) is 4.98. The van der Waals surface area contributed by atoms with Gasteiger partial charge in [0.15, 0.2) is 0 Å². The van der Waals surface area contributed by atoms with E-state index >= 15 is 0 Å². The zero-order chi connectivity index (χ0) is 14.8. The summed E-state index contributed by atoms with van der Waals surface area (Å²) in [5.41, 5.74) is 0.424. The Labute approximate surface area is 133 Å². The molecule has 5 nitrogen and oxygen atoms in total. The van der Waals surface area contributed by atoms with E-state index in [2.05, 4.69) is 38.5 Å². The molecule has 0 aliphatic carbocycles. The number of carbonyl (C=O) groups is 1. The van der Waals surface area contributed by atoms with E-state index in [0.717, 1.165) is 36.4 Å². The van der Waals surface area contributed by atoms with E-state index in [9.17, 15) is 9.90 Å². The van der Waals surface area contributed by atoms with Crippen LogP contribution >= 0.6 is 22.6 Å². The first-order valence-corrected chi connectivity index (χ1v) is 7.78. The minimum Gasteiger partial charge on any atom is -0.480 e. The van der Waals surface area contributed by atoms with E-state index in [4.69, 9.17) is 0 Å². The number of rotatable bonds is 4. The largest absolute Gasteiger partial charge is 0.480 e. The minimum atomic E-state index is -0.781. The zero-order valence-corrected chi connectivity index (χ0v) is 14.0. The summed E-state index contributed by atoms with van der Waals surface area (Å²) in [6.45, 7) is 7.78. The van der Waals surface area contributed by atoms with E-state index in [1.165, 1.54) is 5.56 Å². The van der Waals surface area contributed by atoms with Crippen LogP contribution < -0.4 is 0 Å². The van der Waals surface area contributed by atoms with Crippen LogP contribution in [0.4, 0.5) is 0 Å². The first-order chi connectivity index (χ1) is 9.39. The molecule has 1 aliphatic heterocycles. The zero-order valence-electron chi connectivity index (χ0n) is 11.8. The number of piperazine rings is 1. The maximum absolute atomic E-state index is 11.3. The van der Waals surface area contributed by atoms with Gasteiger partial charge in [0.1, 0.15) is 9.24 Å². The van der Waals surface area contributed by atoms with Crippen LogP contribution in [0.1, 0.15) is 19.4 Å². The number of aliphatic carboxylic acids is 1. The fraction of sp³-hybridized carbons (Fsp3) is 0.571. The molecule has 1 aliphatic rings. The molecule has 0 amide bonds. The van der Waals surface area contributed by atoms with Crippen molar-refractivity contribution in [3.63, 3.8) is 0 Å². The van der Waals surface area contributed by atoms with Gasteiger partial charge in [0, 0.05) is 38.9 Å². The van der Waals surface area contributed by atoms with Crippen molar-refractivity contribution < 1.29 is 9.90 Å². The Morgan fingerprint density at radius 2 is 2.00 bits per heavy atom. The first kappa shape index (κ1) is 15.7. The minimum absolute atomic E-state index is 0.757. The highest BCUT2D eigenvalue weighted by atomic mass is 127. The van der Waals surface area contributed by atoms with Crippen LogP contribution in [0.2, 0.25) is 0 Å². The molecular weight excluding hydrogens is 369 g/mol. The lowest BCUT2D eigenvalue weighted by Gasteiger charge is -2.41. The van der Waals surface area contributed by atoms with Gasteiger partial charge < -0.3 is 5.11 Å². The molecule has 110 valence electrons. The molecular formula is C14H20IN3O2. The smallest absolute Gasteiger partial charge is 0.323 e. The number of aromatic nitrogens is 1. The predicted molar refractivity (Wildman–Crippen MR) is 85.5 cm³/mol. The Morgan fingerprint density at radius 1 is 1.35 bits per heavy atom. The van der Waals surface area contributed by atoms with Gasteiger partial charge >= 0.3 is 5.97 Å². The van der Waals surface area contributed by atoms with E-state index in [-0.39, 0.29) is 0 Å². The highest BCUT2D eigenvalue weighted by molar-refractivity contribution is 14.1. The fourth-order valence-electron chi connectivity index (χ4n) is 2.36. The molecule has 0 unspecified atom stereocenters. The van der Waals surface area contributed by atoms with Gasteiger partial charge in [-0.25, -0.2) is 0 Å². The van der Waals surface area contributed by atoms with Gasteiger partial charge in [-0.1, -0.05) is 6.07 Å². The van der Waals surface area contributed by atoms with Crippen LogP contribution in [0.25, 0.3) is 0 Å². The molecule has 1 aromatic heterocycles. The molecule has 20 heavy (non-hydrogen) atoms. The second-order valence-corrected chi connectivity index (χ2v) is 6.72. The van der Waals surface area contributed by atoms with Crippen LogP contribution in [-0.4, -0.2) is 57.6 Å². The number of carboxylic acids is 1. The molecule has 0 atom stereocenters. The Morgan fingerprint density at radius 3 is 2.50 bits per heavy atom. The second kappa shape index (κ2) is 6.36. The molecule has 1 saturated heterocycles. The van der Waals surface area contributed by atoms with Gasteiger partial charge in [0.05, 0.1) is 0 Å². The highest BCUT2D eigenvalue weighted by Crippen LogP contribution is 2.18.